The summed E-state index contributed by atoms with van der Waals surface area (Å²) < 4.78 is 0.847. The van der Waals surface area contributed by atoms with E-state index in [-0.39, 0.29) is 5.91 Å². The zero-order valence-corrected chi connectivity index (χ0v) is 10.2. The molecule has 1 aromatic heterocycles. The third kappa shape index (κ3) is 1.75. The molecule has 0 spiro atoms. The van der Waals surface area contributed by atoms with E-state index in [2.05, 4.69) is 26.2 Å². The summed E-state index contributed by atoms with van der Waals surface area (Å²) in [6.45, 7) is 0. The molecule has 2 aromatic rings. The van der Waals surface area contributed by atoms with E-state index in [0.717, 1.165) is 15.4 Å². The van der Waals surface area contributed by atoms with E-state index in [1.54, 1.807) is 25.4 Å². The summed E-state index contributed by atoms with van der Waals surface area (Å²) in [7, 11) is 1.60. The number of fused-ring (bicyclic) bond motifs is 1. The van der Waals surface area contributed by atoms with Crippen molar-refractivity contribution in [2.24, 2.45) is 0 Å². The Kier molecular flexibility index (Phi) is 2.71. The number of hydrogen-bond acceptors (Lipinski definition) is 1. The van der Waals surface area contributed by atoms with Crippen molar-refractivity contribution >= 4 is 44.3 Å². The Hall–Kier alpha value is -1.00. The fraction of sp³-hybridized carbons (Fsp3) is 0.100. The summed E-state index contributed by atoms with van der Waals surface area (Å²) in [6, 6.07) is 3.55. The SMILES string of the molecule is CNC(=O)c1c[nH]c2c(Br)cc(Cl)cc12. The molecule has 0 bridgehead atoms. The molecule has 78 valence electrons. The number of nitrogens with one attached hydrogen (secondary N) is 2. The highest BCUT2D eigenvalue weighted by Crippen LogP contribution is 2.29. The van der Waals surface area contributed by atoms with Crippen LogP contribution < -0.4 is 5.32 Å². The highest BCUT2D eigenvalue weighted by molar-refractivity contribution is 9.10. The average molecular weight is 288 g/mol. The molecular formula is C10H8BrClN2O. The van der Waals surface area contributed by atoms with Gasteiger partial charge in [-0.3, -0.25) is 4.79 Å². The lowest BCUT2D eigenvalue weighted by Gasteiger charge is -1.99. The number of aromatic nitrogens is 1. The second-order valence-corrected chi connectivity index (χ2v) is 4.38. The van der Waals surface area contributed by atoms with Crippen LogP contribution >= 0.6 is 27.5 Å². The second-order valence-electron chi connectivity index (χ2n) is 3.09. The van der Waals surface area contributed by atoms with Gasteiger partial charge in [0.1, 0.15) is 0 Å². The van der Waals surface area contributed by atoms with Crippen molar-refractivity contribution in [2.45, 2.75) is 0 Å². The number of rotatable bonds is 1. The molecule has 0 saturated carbocycles. The molecule has 0 saturated heterocycles. The van der Waals surface area contributed by atoms with Gasteiger partial charge in [-0.15, -0.1) is 0 Å². The molecular weight excluding hydrogens is 279 g/mol. The molecule has 0 aliphatic heterocycles. The number of carbonyl (C=O) groups excluding carboxylic acids is 1. The maximum absolute atomic E-state index is 11.5. The highest BCUT2D eigenvalue weighted by Gasteiger charge is 2.12. The van der Waals surface area contributed by atoms with Crippen molar-refractivity contribution in [1.82, 2.24) is 10.3 Å². The third-order valence-corrected chi connectivity index (χ3v) is 3.02. The highest BCUT2D eigenvalue weighted by atomic mass is 79.9. The lowest BCUT2D eigenvalue weighted by atomic mass is 10.1. The van der Waals surface area contributed by atoms with Gasteiger partial charge < -0.3 is 10.3 Å². The first-order valence-electron chi connectivity index (χ1n) is 4.31. The standard InChI is InChI=1S/C10H8BrClN2O/c1-13-10(15)7-4-14-9-6(7)2-5(12)3-8(9)11/h2-4,14H,1H3,(H,13,15). The number of benzene rings is 1. The molecule has 0 atom stereocenters. The minimum atomic E-state index is -0.129. The van der Waals surface area contributed by atoms with Crippen LogP contribution in [0.2, 0.25) is 5.02 Å². The fourth-order valence-corrected chi connectivity index (χ4v) is 2.40. The van der Waals surface area contributed by atoms with Crippen LogP contribution in [0, 0.1) is 0 Å². The van der Waals surface area contributed by atoms with Crippen LogP contribution in [-0.4, -0.2) is 17.9 Å². The quantitative estimate of drug-likeness (QED) is 0.832. The molecule has 0 unspecified atom stereocenters. The number of carbonyl (C=O) groups is 1. The minimum Gasteiger partial charge on any atom is -0.359 e. The first-order chi connectivity index (χ1) is 7.13. The molecule has 3 nitrogen and oxygen atoms in total. The van der Waals surface area contributed by atoms with E-state index in [1.165, 1.54) is 0 Å². The largest absolute Gasteiger partial charge is 0.359 e. The number of amides is 1. The molecule has 1 heterocycles. The van der Waals surface area contributed by atoms with Crippen LogP contribution in [0.3, 0.4) is 0 Å². The van der Waals surface area contributed by atoms with Gasteiger partial charge in [-0.05, 0) is 28.1 Å². The fourth-order valence-electron chi connectivity index (χ4n) is 1.48. The Labute approximate surface area is 99.9 Å². The van der Waals surface area contributed by atoms with Crippen LogP contribution in [0.15, 0.2) is 22.8 Å². The van der Waals surface area contributed by atoms with Crippen molar-refractivity contribution < 1.29 is 4.79 Å². The van der Waals surface area contributed by atoms with Gasteiger partial charge in [-0.25, -0.2) is 0 Å². The maximum Gasteiger partial charge on any atom is 0.253 e. The number of H-pyrrole nitrogens is 1. The Morgan fingerprint density at radius 1 is 1.53 bits per heavy atom. The molecule has 1 aromatic carbocycles. The van der Waals surface area contributed by atoms with Gasteiger partial charge in [0.15, 0.2) is 0 Å². The summed E-state index contributed by atoms with van der Waals surface area (Å²) in [4.78, 5) is 14.6. The van der Waals surface area contributed by atoms with Gasteiger partial charge in [0, 0.05) is 28.1 Å². The molecule has 2 rings (SSSR count). The summed E-state index contributed by atoms with van der Waals surface area (Å²) in [5.74, 6) is -0.129. The minimum absolute atomic E-state index is 0.129. The van der Waals surface area contributed by atoms with E-state index in [1.807, 2.05) is 0 Å². The molecule has 15 heavy (non-hydrogen) atoms. The molecule has 0 aliphatic rings. The summed E-state index contributed by atoms with van der Waals surface area (Å²) in [5, 5.41) is 3.99. The van der Waals surface area contributed by atoms with E-state index < -0.39 is 0 Å². The molecule has 0 radical (unpaired) electrons. The normalized spacial score (nSPS) is 10.6. The van der Waals surface area contributed by atoms with Crippen molar-refractivity contribution in [2.75, 3.05) is 7.05 Å². The second kappa shape index (κ2) is 3.87. The zero-order valence-electron chi connectivity index (χ0n) is 7.90. The summed E-state index contributed by atoms with van der Waals surface area (Å²) >= 11 is 9.31. The van der Waals surface area contributed by atoms with Gasteiger partial charge in [0.2, 0.25) is 0 Å². The summed E-state index contributed by atoms with van der Waals surface area (Å²) in [6.07, 6.45) is 1.67. The van der Waals surface area contributed by atoms with Gasteiger partial charge in [0.05, 0.1) is 11.1 Å². The van der Waals surface area contributed by atoms with Crippen LogP contribution in [-0.2, 0) is 0 Å². The Morgan fingerprint density at radius 2 is 2.27 bits per heavy atom. The zero-order chi connectivity index (χ0) is 11.0. The van der Waals surface area contributed by atoms with Crippen molar-refractivity contribution in [3.05, 3.63) is 33.4 Å². The van der Waals surface area contributed by atoms with E-state index in [9.17, 15) is 4.79 Å². The first kappa shape index (κ1) is 10.5. The number of aromatic amines is 1. The van der Waals surface area contributed by atoms with E-state index >= 15 is 0 Å². The van der Waals surface area contributed by atoms with Gasteiger partial charge >= 0.3 is 0 Å². The van der Waals surface area contributed by atoms with Crippen LogP contribution in [0.1, 0.15) is 10.4 Å². The molecule has 1 amide bonds. The number of halogens is 2. The molecule has 5 heteroatoms. The van der Waals surface area contributed by atoms with E-state index in [0.29, 0.717) is 10.6 Å². The predicted octanol–water partition coefficient (Wildman–Crippen LogP) is 2.94. The van der Waals surface area contributed by atoms with Crippen molar-refractivity contribution in [3.8, 4) is 0 Å². The Morgan fingerprint density at radius 3 is 2.93 bits per heavy atom. The smallest absolute Gasteiger partial charge is 0.253 e. The Balaban J connectivity index is 2.74. The van der Waals surface area contributed by atoms with Gasteiger partial charge in [0.25, 0.3) is 5.91 Å². The molecule has 0 aliphatic carbocycles. The van der Waals surface area contributed by atoms with E-state index in [4.69, 9.17) is 11.6 Å². The van der Waals surface area contributed by atoms with Crippen LogP contribution in [0.5, 0.6) is 0 Å². The van der Waals surface area contributed by atoms with Crippen LogP contribution in [0.25, 0.3) is 10.9 Å². The average Bonchev–Trinajstić information content (AvgIpc) is 2.60. The van der Waals surface area contributed by atoms with Crippen molar-refractivity contribution in [3.63, 3.8) is 0 Å². The predicted molar refractivity (Wildman–Crippen MR) is 64.4 cm³/mol. The lowest BCUT2D eigenvalue weighted by Crippen LogP contribution is -2.17. The van der Waals surface area contributed by atoms with Gasteiger partial charge in [-0.2, -0.15) is 0 Å². The lowest BCUT2D eigenvalue weighted by molar-refractivity contribution is 0.0965. The summed E-state index contributed by atoms with van der Waals surface area (Å²) in [5.41, 5.74) is 1.47. The van der Waals surface area contributed by atoms with Gasteiger partial charge in [-0.1, -0.05) is 11.6 Å². The molecule has 2 N–H and O–H groups in total. The first-order valence-corrected chi connectivity index (χ1v) is 5.49. The maximum atomic E-state index is 11.5. The molecule has 0 fully saturated rings. The monoisotopic (exact) mass is 286 g/mol. The third-order valence-electron chi connectivity index (χ3n) is 2.18. The number of hydrogen-bond donors (Lipinski definition) is 2. The van der Waals surface area contributed by atoms with Crippen molar-refractivity contribution in [1.29, 1.82) is 0 Å². The van der Waals surface area contributed by atoms with Crippen LogP contribution in [0.4, 0.5) is 0 Å². The Bertz CT molecular complexity index is 535. The topological polar surface area (TPSA) is 44.9 Å².